The van der Waals surface area contributed by atoms with Crippen molar-refractivity contribution >= 4 is 39.1 Å². The number of sulfonamides is 1. The highest BCUT2D eigenvalue weighted by atomic mass is 32.2. The Morgan fingerprint density at radius 2 is 1.89 bits per heavy atom. The third-order valence-corrected chi connectivity index (χ3v) is 9.26. The Bertz CT molecular complexity index is 1910. The van der Waals surface area contributed by atoms with Crippen molar-refractivity contribution in [2.75, 3.05) is 23.6 Å². The maximum atomic E-state index is 16.2. The molecule has 4 aromatic rings. The van der Waals surface area contributed by atoms with Gasteiger partial charge in [0.1, 0.15) is 33.2 Å². The first-order valence-electron chi connectivity index (χ1n) is 13.9. The SMILES string of the molecule is CC(C)(C)OC(=O)N1CC(C)(C)OCC1c1nc(-c2cccc(NS(=O)(=O)c3cc(F)ccc3F)c2F)c(-c2ccnc(N)n2)s1. The number of morpholine rings is 1. The molecule has 3 N–H and O–H groups in total. The van der Waals surface area contributed by atoms with Crippen molar-refractivity contribution in [3.63, 3.8) is 0 Å². The second-order valence-electron chi connectivity index (χ2n) is 12.1. The third-order valence-electron chi connectivity index (χ3n) is 6.70. The van der Waals surface area contributed by atoms with Crippen LogP contribution in [0, 0.1) is 17.5 Å². The van der Waals surface area contributed by atoms with Gasteiger partial charge in [0.05, 0.1) is 40.7 Å². The van der Waals surface area contributed by atoms with E-state index in [0.29, 0.717) is 27.7 Å². The van der Waals surface area contributed by atoms with Crippen LogP contribution in [0.5, 0.6) is 0 Å². The fraction of sp³-hybridized carbons (Fsp3) is 0.333. The molecule has 16 heteroatoms. The molecule has 2 aromatic heterocycles. The standard InChI is InChI=1S/C30H31F3N6O5S2/c1-29(2,3)44-28(40)39-15-30(4,5)43-14-21(39)26-37-24(25(45-26)20-11-12-35-27(34)36-20)17-7-6-8-19(23(17)33)38-46(41,42)22-13-16(31)9-10-18(22)32/h6-13,21,38H,14-15H2,1-5H3,(H2,34,35,36). The van der Waals surface area contributed by atoms with Gasteiger partial charge in [-0.05, 0) is 71.0 Å². The molecule has 1 amide bonds. The maximum Gasteiger partial charge on any atom is 0.411 e. The minimum atomic E-state index is -4.75. The summed E-state index contributed by atoms with van der Waals surface area (Å²) in [6.45, 7) is 9.12. The molecule has 11 nitrogen and oxygen atoms in total. The molecule has 0 radical (unpaired) electrons. The van der Waals surface area contributed by atoms with Crippen LogP contribution in [-0.4, -0.2) is 58.7 Å². The van der Waals surface area contributed by atoms with Crippen molar-refractivity contribution < 1.29 is 35.9 Å². The Morgan fingerprint density at radius 1 is 1.15 bits per heavy atom. The van der Waals surface area contributed by atoms with E-state index in [0.717, 1.165) is 23.5 Å². The summed E-state index contributed by atoms with van der Waals surface area (Å²) < 4.78 is 84.0. The van der Waals surface area contributed by atoms with Gasteiger partial charge in [-0.1, -0.05) is 6.07 Å². The minimum Gasteiger partial charge on any atom is -0.444 e. The van der Waals surface area contributed by atoms with Crippen LogP contribution in [0.3, 0.4) is 0 Å². The highest BCUT2D eigenvalue weighted by Gasteiger charge is 2.41. The van der Waals surface area contributed by atoms with Crippen LogP contribution in [0.4, 0.5) is 29.6 Å². The maximum absolute atomic E-state index is 16.2. The van der Waals surface area contributed by atoms with Crippen LogP contribution >= 0.6 is 11.3 Å². The molecular weight excluding hydrogens is 645 g/mol. The first-order chi connectivity index (χ1) is 21.4. The number of carbonyl (C=O) groups excluding carboxylic acids is 1. The van der Waals surface area contributed by atoms with Gasteiger partial charge in [0.25, 0.3) is 10.0 Å². The summed E-state index contributed by atoms with van der Waals surface area (Å²) in [5, 5.41) is 0.357. The van der Waals surface area contributed by atoms with E-state index in [1.54, 1.807) is 26.8 Å². The molecule has 0 saturated carbocycles. The summed E-state index contributed by atoms with van der Waals surface area (Å²) >= 11 is 1.11. The first kappa shape index (κ1) is 33.1. The number of aromatic nitrogens is 3. The highest BCUT2D eigenvalue weighted by Crippen LogP contribution is 2.43. The largest absolute Gasteiger partial charge is 0.444 e. The van der Waals surface area contributed by atoms with Crippen molar-refractivity contribution in [2.24, 2.45) is 0 Å². The Balaban J connectivity index is 1.62. The summed E-state index contributed by atoms with van der Waals surface area (Å²) in [6, 6.07) is 6.59. The number of nitrogens with zero attached hydrogens (tertiary/aromatic N) is 4. The molecule has 46 heavy (non-hydrogen) atoms. The molecule has 1 saturated heterocycles. The van der Waals surface area contributed by atoms with E-state index in [-0.39, 0.29) is 30.4 Å². The topological polar surface area (TPSA) is 150 Å². The minimum absolute atomic E-state index is 0.0477. The zero-order valence-corrected chi connectivity index (χ0v) is 27.1. The van der Waals surface area contributed by atoms with Crippen LogP contribution < -0.4 is 10.5 Å². The molecule has 0 aliphatic carbocycles. The lowest BCUT2D eigenvalue weighted by molar-refractivity contribution is -0.114. The van der Waals surface area contributed by atoms with Gasteiger partial charge < -0.3 is 15.2 Å². The Morgan fingerprint density at radius 3 is 2.59 bits per heavy atom. The van der Waals surface area contributed by atoms with Crippen LogP contribution in [0.25, 0.3) is 21.8 Å². The van der Waals surface area contributed by atoms with Crippen LogP contribution in [-0.2, 0) is 19.5 Å². The summed E-state index contributed by atoms with van der Waals surface area (Å²) in [4.78, 5) is 27.1. The monoisotopic (exact) mass is 676 g/mol. The van der Waals surface area contributed by atoms with Crippen LogP contribution in [0.2, 0.25) is 0 Å². The number of amides is 1. The number of carbonyl (C=O) groups is 1. The number of ether oxygens (including phenoxy) is 2. The van der Waals surface area contributed by atoms with Crippen molar-refractivity contribution in [3.8, 4) is 21.8 Å². The molecule has 0 spiro atoms. The van der Waals surface area contributed by atoms with Gasteiger partial charge in [-0.15, -0.1) is 11.3 Å². The van der Waals surface area contributed by atoms with Gasteiger partial charge >= 0.3 is 6.09 Å². The predicted octanol–water partition coefficient (Wildman–Crippen LogP) is 6.15. The molecule has 244 valence electrons. The van der Waals surface area contributed by atoms with Crippen molar-refractivity contribution in [1.29, 1.82) is 0 Å². The Kier molecular flexibility index (Phi) is 8.74. The molecule has 1 aliphatic heterocycles. The van der Waals surface area contributed by atoms with E-state index in [1.807, 2.05) is 18.6 Å². The molecule has 0 bridgehead atoms. The average molecular weight is 677 g/mol. The van der Waals surface area contributed by atoms with Crippen molar-refractivity contribution in [1.82, 2.24) is 19.9 Å². The number of hydrogen-bond acceptors (Lipinski definition) is 10. The van der Waals surface area contributed by atoms with E-state index in [4.69, 9.17) is 20.2 Å². The van der Waals surface area contributed by atoms with Gasteiger partial charge in [0.2, 0.25) is 5.95 Å². The molecule has 1 atom stereocenters. The normalized spacial score (nSPS) is 16.7. The smallest absolute Gasteiger partial charge is 0.411 e. The highest BCUT2D eigenvalue weighted by molar-refractivity contribution is 7.92. The Hall–Kier alpha value is -4.28. The lowest BCUT2D eigenvalue weighted by Crippen LogP contribution is -2.53. The van der Waals surface area contributed by atoms with Crippen molar-refractivity contribution in [2.45, 2.75) is 56.8 Å². The molecule has 1 aliphatic rings. The third kappa shape index (κ3) is 7.08. The van der Waals surface area contributed by atoms with Crippen molar-refractivity contribution in [3.05, 3.63) is 71.1 Å². The summed E-state index contributed by atoms with van der Waals surface area (Å²) in [7, 11) is -4.75. The van der Waals surface area contributed by atoms with E-state index < -0.39 is 61.4 Å². The molecule has 2 aromatic carbocycles. The molecule has 1 unspecified atom stereocenters. The number of thiazole rings is 1. The van der Waals surface area contributed by atoms with Crippen LogP contribution in [0.1, 0.15) is 45.7 Å². The zero-order chi connectivity index (χ0) is 33.6. The number of nitrogens with one attached hydrogen (secondary N) is 1. The van der Waals surface area contributed by atoms with E-state index in [2.05, 4.69) is 9.97 Å². The summed E-state index contributed by atoms with van der Waals surface area (Å²) in [5.74, 6) is -3.32. The number of halogens is 3. The molecule has 1 fully saturated rings. The zero-order valence-electron chi connectivity index (χ0n) is 25.5. The number of nitrogen functional groups attached to an aromatic ring is 1. The number of hydrogen-bond donors (Lipinski definition) is 2. The lowest BCUT2D eigenvalue weighted by atomic mass is 10.0. The van der Waals surface area contributed by atoms with Gasteiger partial charge in [-0.25, -0.2) is 41.3 Å². The fourth-order valence-corrected chi connectivity index (χ4v) is 6.99. The Labute approximate surface area is 267 Å². The molecule has 5 rings (SSSR count). The number of benzene rings is 2. The first-order valence-corrected chi connectivity index (χ1v) is 16.2. The van der Waals surface area contributed by atoms with Gasteiger partial charge in [-0.2, -0.15) is 0 Å². The van der Waals surface area contributed by atoms with E-state index >= 15 is 4.39 Å². The summed E-state index contributed by atoms with van der Waals surface area (Å²) in [6.07, 6.45) is 0.819. The van der Waals surface area contributed by atoms with Gasteiger partial charge in [0, 0.05) is 11.8 Å². The van der Waals surface area contributed by atoms with E-state index in [1.165, 1.54) is 23.2 Å². The number of rotatable bonds is 6. The van der Waals surface area contributed by atoms with Gasteiger partial charge in [-0.3, -0.25) is 9.62 Å². The van der Waals surface area contributed by atoms with Crippen LogP contribution in [0.15, 0.2) is 53.6 Å². The number of anilines is 2. The van der Waals surface area contributed by atoms with E-state index in [9.17, 15) is 22.0 Å². The fourth-order valence-electron chi connectivity index (χ4n) is 4.69. The second kappa shape index (κ2) is 12.1. The molecular formula is C30H31F3N6O5S2. The van der Waals surface area contributed by atoms with Gasteiger partial charge in [0.15, 0.2) is 5.82 Å². The predicted molar refractivity (Wildman–Crippen MR) is 166 cm³/mol. The molecule has 3 heterocycles. The summed E-state index contributed by atoms with van der Waals surface area (Å²) in [5.41, 5.74) is 4.03. The number of nitrogens with two attached hydrogens (primary N) is 1. The quantitative estimate of drug-likeness (QED) is 0.245. The second-order valence-corrected chi connectivity index (χ2v) is 14.8. The lowest BCUT2D eigenvalue weighted by Gasteiger charge is -2.43. The average Bonchev–Trinajstić information content (AvgIpc) is 3.39.